The van der Waals surface area contributed by atoms with Crippen molar-refractivity contribution in [3.8, 4) is 11.3 Å². The number of sulfonamides is 1. The number of hydrogen-bond acceptors (Lipinski definition) is 7. The third kappa shape index (κ3) is 8.31. The predicted octanol–water partition coefficient (Wildman–Crippen LogP) is 5.23. The Kier molecular flexibility index (Phi) is 10.5. The van der Waals surface area contributed by atoms with E-state index in [2.05, 4.69) is 9.97 Å². The smallest absolute Gasteiger partial charge is 0.305 e. The number of aliphatic carboxylic acids is 1. The van der Waals surface area contributed by atoms with Crippen LogP contribution in [0.25, 0.3) is 17.3 Å². The van der Waals surface area contributed by atoms with Crippen LogP contribution < -0.4 is 4.31 Å². The second-order valence-electron chi connectivity index (χ2n) is 9.55. The Morgan fingerprint density at radius 2 is 1.82 bits per heavy atom. The molecule has 1 aromatic carbocycles. The Morgan fingerprint density at radius 1 is 1.21 bits per heavy atom. The normalized spacial score (nSPS) is 19.2. The van der Waals surface area contributed by atoms with E-state index >= 15 is 0 Å². The first-order chi connectivity index (χ1) is 17.7. The van der Waals surface area contributed by atoms with Gasteiger partial charge in [0.05, 0.1) is 36.3 Å². The lowest BCUT2D eigenvalue weighted by Gasteiger charge is -2.39. The zero-order valence-electron chi connectivity index (χ0n) is 23.2. The summed E-state index contributed by atoms with van der Waals surface area (Å²) in [6.07, 6.45) is 3.88. The van der Waals surface area contributed by atoms with E-state index in [4.69, 9.17) is 9.47 Å². The van der Waals surface area contributed by atoms with Crippen molar-refractivity contribution in [2.75, 3.05) is 17.6 Å². The summed E-state index contributed by atoms with van der Waals surface area (Å²) in [4.78, 5) is 20.3. The maximum Gasteiger partial charge on any atom is 0.305 e. The molecule has 2 atom stereocenters. The minimum Gasteiger partial charge on any atom is -0.481 e. The highest BCUT2D eigenvalue weighted by Crippen LogP contribution is 2.33. The van der Waals surface area contributed by atoms with Crippen molar-refractivity contribution in [2.24, 2.45) is 0 Å². The Bertz CT molecular complexity index is 1250. The van der Waals surface area contributed by atoms with Crippen LogP contribution in [0.4, 0.5) is 10.3 Å². The SMILES string of the molecule is CC.CC(C)c1nc(N(C)S(C)(=O)=O)nc(-c2ccc(F)cc2)c1/C=C/C1CC(CC(=O)O)OC(C)(C)O1. The van der Waals surface area contributed by atoms with E-state index < -0.39 is 39.8 Å². The lowest BCUT2D eigenvalue weighted by Crippen LogP contribution is -2.44. The standard InChI is InChI=1S/C25H32FN3O6S.C2H6/c1-15(2)22-20(12-11-18-13-19(14-21(30)31)35-25(3,4)34-18)23(16-7-9-17(26)10-8-16)28-24(27-22)29(5)36(6,32)33;1-2/h7-12,15,18-19H,13-14H2,1-6H3,(H,30,31);1-2H3/b12-11+;. The van der Waals surface area contributed by atoms with E-state index in [0.29, 0.717) is 28.9 Å². The van der Waals surface area contributed by atoms with Crippen LogP contribution in [0.1, 0.15) is 71.6 Å². The van der Waals surface area contributed by atoms with Gasteiger partial charge in [0.15, 0.2) is 5.79 Å². The number of ether oxygens (including phenoxy) is 2. The minimum absolute atomic E-state index is 0.00245. The summed E-state index contributed by atoms with van der Waals surface area (Å²) in [6, 6.07) is 5.75. The van der Waals surface area contributed by atoms with Gasteiger partial charge in [-0.2, -0.15) is 0 Å². The van der Waals surface area contributed by atoms with Gasteiger partial charge in [0, 0.05) is 24.6 Å². The van der Waals surface area contributed by atoms with Gasteiger partial charge in [-0.05, 0) is 44.0 Å². The molecule has 0 saturated carbocycles. The Morgan fingerprint density at radius 3 is 2.34 bits per heavy atom. The summed E-state index contributed by atoms with van der Waals surface area (Å²) in [7, 11) is -2.25. The number of carbonyl (C=O) groups is 1. The zero-order valence-corrected chi connectivity index (χ0v) is 24.0. The Labute approximate surface area is 224 Å². The van der Waals surface area contributed by atoms with Gasteiger partial charge in [-0.15, -0.1) is 0 Å². The molecular weight excluding hydrogens is 513 g/mol. The highest BCUT2D eigenvalue weighted by molar-refractivity contribution is 7.92. The maximum atomic E-state index is 13.7. The molecule has 2 heterocycles. The molecule has 2 unspecified atom stereocenters. The van der Waals surface area contributed by atoms with E-state index in [0.717, 1.165) is 10.6 Å². The summed E-state index contributed by atoms with van der Waals surface area (Å²) >= 11 is 0. The fourth-order valence-electron chi connectivity index (χ4n) is 3.99. The number of nitrogens with zero attached hydrogens (tertiary/aromatic N) is 3. The molecule has 0 amide bonds. The molecule has 0 radical (unpaired) electrons. The highest BCUT2D eigenvalue weighted by atomic mass is 32.2. The first-order valence-electron chi connectivity index (χ1n) is 12.5. The van der Waals surface area contributed by atoms with Crippen molar-refractivity contribution >= 4 is 28.0 Å². The van der Waals surface area contributed by atoms with Crippen molar-refractivity contribution in [2.45, 2.75) is 78.3 Å². The fourth-order valence-corrected chi connectivity index (χ4v) is 4.36. The summed E-state index contributed by atoms with van der Waals surface area (Å²) in [6.45, 7) is 11.3. The fraction of sp³-hybridized carbons (Fsp3) is 0.519. The van der Waals surface area contributed by atoms with Crippen molar-refractivity contribution in [3.05, 3.63) is 47.4 Å². The molecular formula is C27H38FN3O6S. The van der Waals surface area contributed by atoms with Gasteiger partial charge in [-0.25, -0.2) is 27.1 Å². The molecule has 1 saturated heterocycles. The van der Waals surface area contributed by atoms with Gasteiger partial charge in [0.25, 0.3) is 0 Å². The monoisotopic (exact) mass is 551 g/mol. The van der Waals surface area contributed by atoms with Crippen molar-refractivity contribution in [3.63, 3.8) is 0 Å². The van der Waals surface area contributed by atoms with Crippen LogP contribution in [0.2, 0.25) is 0 Å². The van der Waals surface area contributed by atoms with Gasteiger partial charge in [0.1, 0.15) is 5.82 Å². The predicted molar refractivity (Wildman–Crippen MR) is 146 cm³/mol. The molecule has 210 valence electrons. The molecule has 1 aliphatic rings. The average Bonchev–Trinajstić information content (AvgIpc) is 2.81. The van der Waals surface area contributed by atoms with Crippen LogP contribution in [0, 0.1) is 5.82 Å². The summed E-state index contributed by atoms with van der Waals surface area (Å²) in [5.41, 5.74) is 2.24. The van der Waals surface area contributed by atoms with Crippen molar-refractivity contribution in [1.82, 2.24) is 9.97 Å². The quantitative estimate of drug-likeness (QED) is 0.474. The van der Waals surface area contributed by atoms with Crippen LogP contribution in [-0.2, 0) is 24.3 Å². The summed E-state index contributed by atoms with van der Waals surface area (Å²) in [5.74, 6) is -2.45. The van der Waals surface area contributed by atoms with Gasteiger partial charge in [-0.3, -0.25) is 4.79 Å². The number of benzene rings is 1. The van der Waals surface area contributed by atoms with E-state index in [1.807, 2.05) is 27.7 Å². The number of carboxylic acids is 1. The van der Waals surface area contributed by atoms with Crippen molar-refractivity contribution in [1.29, 1.82) is 0 Å². The molecule has 11 heteroatoms. The van der Waals surface area contributed by atoms with Crippen LogP contribution in [-0.4, -0.2) is 60.8 Å². The number of aromatic nitrogens is 2. The van der Waals surface area contributed by atoms with Crippen LogP contribution >= 0.6 is 0 Å². The van der Waals surface area contributed by atoms with Gasteiger partial charge < -0.3 is 14.6 Å². The topological polar surface area (TPSA) is 119 Å². The Balaban J connectivity index is 0.00000247. The maximum absolute atomic E-state index is 13.7. The van der Waals surface area contributed by atoms with E-state index in [-0.39, 0.29) is 18.3 Å². The third-order valence-electron chi connectivity index (χ3n) is 5.67. The molecule has 1 N–H and O–H groups in total. The van der Waals surface area contributed by atoms with Gasteiger partial charge in [0.2, 0.25) is 16.0 Å². The molecule has 9 nitrogen and oxygen atoms in total. The van der Waals surface area contributed by atoms with E-state index in [1.54, 1.807) is 38.1 Å². The largest absolute Gasteiger partial charge is 0.481 e. The molecule has 0 bridgehead atoms. The minimum atomic E-state index is -3.63. The lowest BCUT2D eigenvalue weighted by molar-refractivity contribution is -0.290. The van der Waals surface area contributed by atoms with Crippen LogP contribution in [0.5, 0.6) is 0 Å². The summed E-state index contributed by atoms with van der Waals surface area (Å²) < 4.78 is 50.8. The number of carboxylic acid groups (broad SMARTS) is 1. The highest BCUT2D eigenvalue weighted by Gasteiger charge is 2.35. The molecule has 2 aromatic rings. The lowest BCUT2D eigenvalue weighted by atomic mass is 9.97. The van der Waals surface area contributed by atoms with E-state index in [1.165, 1.54) is 19.2 Å². The van der Waals surface area contributed by atoms with Gasteiger partial charge in [-0.1, -0.05) is 39.8 Å². The van der Waals surface area contributed by atoms with Crippen LogP contribution in [0.3, 0.4) is 0 Å². The Hall–Kier alpha value is -2.89. The molecule has 0 spiro atoms. The number of anilines is 1. The van der Waals surface area contributed by atoms with E-state index in [9.17, 15) is 22.7 Å². The molecule has 0 aliphatic carbocycles. The second kappa shape index (κ2) is 12.8. The van der Waals surface area contributed by atoms with Crippen molar-refractivity contribution < 1.29 is 32.2 Å². The van der Waals surface area contributed by atoms with Crippen LogP contribution in [0.15, 0.2) is 30.3 Å². The first kappa shape index (κ1) is 31.3. The average molecular weight is 552 g/mol. The molecule has 1 aromatic heterocycles. The molecule has 3 rings (SSSR count). The number of hydrogen-bond donors (Lipinski definition) is 1. The molecule has 1 fully saturated rings. The third-order valence-corrected chi connectivity index (χ3v) is 6.83. The molecule has 1 aliphatic heterocycles. The van der Waals surface area contributed by atoms with Gasteiger partial charge >= 0.3 is 5.97 Å². The molecule has 38 heavy (non-hydrogen) atoms. The number of halogens is 1. The second-order valence-corrected chi connectivity index (χ2v) is 11.6. The number of rotatable bonds is 8. The first-order valence-corrected chi connectivity index (χ1v) is 14.4. The summed E-state index contributed by atoms with van der Waals surface area (Å²) in [5, 5.41) is 9.21. The zero-order chi connectivity index (χ0) is 28.8.